The topological polar surface area (TPSA) is 12.0 Å². The fourth-order valence-electron chi connectivity index (χ4n) is 3.75. The minimum absolute atomic E-state index is 0.555. The van der Waals surface area contributed by atoms with Crippen molar-refractivity contribution in [3.63, 3.8) is 0 Å². The van der Waals surface area contributed by atoms with Gasteiger partial charge < -0.3 is 5.32 Å². The van der Waals surface area contributed by atoms with Crippen LogP contribution in [0.15, 0.2) is 18.2 Å². The van der Waals surface area contributed by atoms with Crippen LogP contribution in [0, 0.1) is 19.8 Å². The molecule has 1 aliphatic carbocycles. The zero-order chi connectivity index (χ0) is 14.4. The van der Waals surface area contributed by atoms with E-state index in [1.54, 1.807) is 5.56 Å². The molecule has 20 heavy (non-hydrogen) atoms. The number of benzene rings is 1. The molecule has 0 heterocycles. The second-order valence-corrected chi connectivity index (χ2v) is 6.55. The van der Waals surface area contributed by atoms with E-state index in [2.05, 4.69) is 44.3 Å². The normalized spacial score (nSPS) is 18.1. The van der Waals surface area contributed by atoms with Gasteiger partial charge in [-0.2, -0.15) is 0 Å². The van der Waals surface area contributed by atoms with Gasteiger partial charge in [-0.3, -0.25) is 0 Å². The highest BCUT2D eigenvalue weighted by atomic mass is 14.9. The van der Waals surface area contributed by atoms with Gasteiger partial charge in [0.25, 0.3) is 0 Å². The summed E-state index contributed by atoms with van der Waals surface area (Å²) in [5, 5.41) is 3.81. The number of aryl methyl sites for hydroxylation is 2. The molecule has 0 aliphatic heterocycles. The standard InChI is InChI=1S/C19H31N/c1-4-13-20-18(14-17-11-6-5-7-12-17)19-15(2)9-8-10-16(19)3/h8-10,17-18,20H,4-7,11-14H2,1-3H3. The first-order valence-electron chi connectivity index (χ1n) is 8.52. The number of rotatable bonds is 6. The summed E-state index contributed by atoms with van der Waals surface area (Å²) in [6, 6.07) is 7.28. The SMILES string of the molecule is CCCNC(CC1CCCCC1)c1c(C)cccc1C. The molecule has 1 heteroatoms. The smallest absolute Gasteiger partial charge is 0.0328 e. The highest BCUT2D eigenvalue weighted by Gasteiger charge is 2.21. The van der Waals surface area contributed by atoms with Gasteiger partial charge >= 0.3 is 0 Å². The lowest BCUT2D eigenvalue weighted by atomic mass is 9.82. The quantitative estimate of drug-likeness (QED) is 0.740. The van der Waals surface area contributed by atoms with Crippen LogP contribution in [-0.4, -0.2) is 6.54 Å². The summed E-state index contributed by atoms with van der Waals surface area (Å²) in [4.78, 5) is 0. The fraction of sp³-hybridized carbons (Fsp3) is 0.684. The monoisotopic (exact) mass is 273 g/mol. The lowest BCUT2D eigenvalue weighted by Gasteiger charge is -2.29. The summed E-state index contributed by atoms with van der Waals surface area (Å²) in [7, 11) is 0. The molecule has 1 saturated carbocycles. The Bertz CT molecular complexity index is 384. The Morgan fingerprint density at radius 3 is 2.35 bits per heavy atom. The highest BCUT2D eigenvalue weighted by Crippen LogP contribution is 2.34. The zero-order valence-electron chi connectivity index (χ0n) is 13.5. The molecule has 0 amide bonds. The molecule has 0 aromatic heterocycles. The van der Waals surface area contributed by atoms with Gasteiger partial charge in [-0.25, -0.2) is 0 Å². The fourth-order valence-corrected chi connectivity index (χ4v) is 3.75. The van der Waals surface area contributed by atoms with Gasteiger partial charge in [0.15, 0.2) is 0 Å². The van der Waals surface area contributed by atoms with E-state index in [0.717, 1.165) is 12.5 Å². The lowest BCUT2D eigenvalue weighted by Crippen LogP contribution is -2.26. The van der Waals surface area contributed by atoms with E-state index in [4.69, 9.17) is 0 Å². The van der Waals surface area contributed by atoms with E-state index in [9.17, 15) is 0 Å². The van der Waals surface area contributed by atoms with Crippen molar-refractivity contribution < 1.29 is 0 Å². The molecule has 0 spiro atoms. The maximum Gasteiger partial charge on any atom is 0.0328 e. The summed E-state index contributed by atoms with van der Waals surface area (Å²) < 4.78 is 0. The predicted octanol–water partition coefficient (Wildman–Crippen LogP) is 5.31. The van der Waals surface area contributed by atoms with Crippen LogP contribution < -0.4 is 5.32 Å². The number of hydrogen-bond donors (Lipinski definition) is 1. The summed E-state index contributed by atoms with van der Waals surface area (Å²) in [5.74, 6) is 0.928. The third-order valence-electron chi connectivity index (χ3n) is 4.83. The van der Waals surface area contributed by atoms with Crippen molar-refractivity contribution >= 4 is 0 Å². The molecule has 1 N–H and O–H groups in total. The van der Waals surface area contributed by atoms with Gasteiger partial charge in [-0.15, -0.1) is 0 Å². The molecular formula is C19H31N. The molecule has 112 valence electrons. The van der Waals surface area contributed by atoms with Crippen molar-refractivity contribution in [2.45, 2.75) is 71.8 Å². The Morgan fingerprint density at radius 1 is 1.10 bits per heavy atom. The number of hydrogen-bond acceptors (Lipinski definition) is 1. The first-order valence-corrected chi connectivity index (χ1v) is 8.52. The first kappa shape index (κ1) is 15.6. The van der Waals surface area contributed by atoms with E-state index < -0.39 is 0 Å². The Labute approximate surface area is 125 Å². The molecule has 0 radical (unpaired) electrons. The molecule has 1 unspecified atom stereocenters. The second-order valence-electron chi connectivity index (χ2n) is 6.55. The molecule has 1 atom stereocenters. The van der Waals surface area contributed by atoms with Crippen LogP contribution in [-0.2, 0) is 0 Å². The Morgan fingerprint density at radius 2 is 1.75 bits per heavy atom. The minimum Gasteiger partial charge on any atom is -0.310 e. The number of nitrogens with one attached hydrogen (secondary N) is 1. The average molecular weight is 273 g/mol. The van der Waals surface area contributed by atoms with Crippen molar-refractivity contribution in [3.05, 3.63) is 34.9 Å². The van der Waals surface area contributed by atoms with Gasteiger partial charge in [0.05, 0.1) is 0 Å². The highest BCUT2D eigenvalue weighted by molar-refractivity contribution is 5.36. The van der Waals surface area contributed by atoms with E-state index in [0.29, 0.717) is 6.04 Å². The largest absolute Gasteiger partial charge is 0.310 e. The Hall–Kier alpha value is -0.820. The van der Waals surface area contributed by atoms with Gasteiger partial charge in [-0.1, -0.05) is 57.2 Å². The molecule has 0 saturated heterocycles. The van der Waals surface area contributed by atoms with Crippen LogP contribution in [0.4, 0.5) is 0 Å². The second kappa shape index (κ2) is 7.83. The molecule has 1 aromatic carbocycles. The third-order valence-corrected chi connectivity index (χ3v) is 4.83. The average Bonchev–Trinajstić information content (AvgIpc) is 2.45. The van der Waals surface area contributed by atoms with E-state index >= 15 is 0 Å². The van der Waals surface area contributed by atoms with Crippen molar-refractivity contribution in [2.24, 2.45) is 5.92 Å². The van der Waals surface area contributed by atoms with Gasteiger partial charge in [-0.05, 0) is 55.8 Å². The molecule has 0 bridgehead atoms. The van der Waals surface area contributed by atoms with Crippen molar-refractivity contribution in [1.29, 1.82) is 0 Å². The molecule has 2 rings (SSSR count). The van der Waals surface area contributed by atoms with Crippen molar-refractivity contribution in [2.75, 3.05) is 6.54 Å². The van der Waals surface area contributed by atoms with Gasteiger partial charge in [0.1, 0.15) is 0 Å². The van der Waals surface area contributed by atoms with Crippen LogP contribution >= 0.6 is 0 Å². The van der Waals surface area contributed by atoms with Crippen LogP contribution in [0.5, 0.6) is 0 Å². The van der Waals surface area contributed by atoms with E-state index in [1.807, 2.05) is 0 Å². The molecule has 1 nitrogen and oxygen atoms in total. The van der Waals surface area contributed by atoms with E-state index in [-0.39, 0.29) is 0 Å². The minimum atomic E-state index is 0.555. The third kappa shape index (κ3) is 4.09. The molecule has 1 aromatic rings. The summed E-state index contributed by atoms with van der Waals surface area (Å²) >= 11 is 0. The Balaban J connectivity index is 2.13. The zero-order valence-corrected chi connectivity index (χ0v) is 13.5. The molecule has 1 aliphatic rings. The molecular weight excluding hydrogens is 242 g/mol. The maximum atomic E-state index is 3.81. The lowest BCUT2D eigenvalue weighted by molar-refractivity contribution is 0.299. The van der Waals surface area contributed by atoms with Gasteiger partial charge in [0, 0.05) is 6.04 Å². The summed E-state index contributed by atoms with van der Waals surface area (Å²) in [6.45, 7) is 7.92. The van der Waals surface area contributed by atoms with E-state index in [1.165, 1.54) is 56.1 Å². The van der Waals surface area contributed by atoms with Crippen molar-refractivity contribution in [3.8, 4) is 0 Å². The van der Waals surface area contributed by atoms with Crippen LogP contribution in [0.3, 0.4) is 0 Å². The molecule has 1 fully saturated rings. The van der Waals surface area contributed by atoms with Crippen LogP contribution in [0.25, 0.3) is 0 Å². The summed E-state index contributed by atoms with van der Waals surface area (Å²) in [6.07, 6.45) is 9.76. The predicted molar refractivity (Wildman–Crippen MR) is 88.1 cm³/mol. The first-order chi connectivity index (χ1) is 9.72. The summed E-state index contributed by atoms with van der Waals surface area (Å²) in [5.41, 5.74) is 4.47. The Kier molecular flexibility index (Phi) is 6.09. The van der Waals surface area contributed by atoms with Crippen LogP contribution in [0.1, 0.15) is 74.6 Å². The maximum absolute atomic E-state index is 3.81. The van der Waals surface area contributed by atoms with Gasteiger partial charge in [0.2, 0.25) is 0 Å². The van der Waals surface area contributed by atoms with Crippen molar-refractivity contribution in [1.82, 2.24) is 5.32 Å². The van der Waals surface area contributed by atoms with Crippen LogP contribution in [0.2, 0.25) is 0 Å².